The quantitative estimate of drug-likeness (QED) is 0.659. The van der Waals surface area contributed by atoms with Gasteiger partial charge in [0.15, 0.2) is 6.61 Å². The summed E-state index contributed by atoms with van der Waals surface area (Å²) in [4.78, 5) is 35.5. The van der Waals surface area contributed by atoms with Crippen molar-refractivity contribution in [2.45, 2.75) is 0 Å². The van der Waals surface area contributed by atoms with Crippen LogP contribution < -0.4 is 4.74 Å². The Morgan fingerprint density at radius 1 is 1.41 bits per heavy atom. The molecule has 1 aromatic rings. The summed E-state index contributed by atoms with van der Waals surface area (Å²) in [6, 6.07) is 6.64. The first-order valence-electron chi connectivity index (χ1n) is 6.15. The number of imide groups is 1. The summed E-state index contributed by atoms with van der Waals surface area (Å²) in [5, 5.41) is 8.22. The van der Waals surface area contributed by atoms with E-state index in [0.29, 0.717) is 11.3 Å². The highest BCUT2D eigenvalue weighted by atomic mass is 32.2. The summed E-state index contributed by atoms with van der Waals surface area (Å²) in [6.07, 6.45) is 6.61. The third kappa shape index (κ3) is 3.48. The van der Waals surface area contributed by atoms with E-state index < -0.39 is 23.7 Å². The number of para-hydroxylation sites is 1. The van der Waals surface area contributed by atoms with Crippen LogP contribution in [0, 0.1) is 12.3 Å². The van der Waals surface area contributed by atoms with Gasteiger partial charge in [-0.25, -0.2) is 4.79 Å². The molecule has 6 nitrogen and oxygen atoms in total. The van der Waals surface area contributed by atoms with Gasteiger partial charge in [-0.1, -0.05) is 24.1 Å². The largest absolute Gasteiger partial charge is 0.481 e. The van der Waals surface area contributed by atoms with Gasteiger partial charge < -0.3 is 9.84 Å². The van der Waals surface area contributed by atoms with Gasteiger partial charge in [-0.15, -0.1) is 6.42 Å². The lowest BCUT2D eigenvalue weighted by Gasteiger charge is -2.08. The zero-order chi connectivity index (χ0) is 16.1. The summed E-state index contributed by atoms with van der Waals surface area (Å²) >= 11 is 0.781. The first-order valence-corrected chi connectivity index (χ1v) is 6.97. The van der Waals surface area contributed by atoms with Crippen molar-refractivity contribution in [3.8, 4) is 18.1 Å². The zero-order valence-electron chi connectivity index (χ0n) is 11.3. The van der Waals surface area contributed by atoms with Crippen LogP contribution in [0.15, 0.2) is 29.2 Å². The second-order valence-corrected chi connectivity index (χ2v) is 5.19. The number of carboxylic acids is 1. The number of hydrogen-bond acceptors (Lipinski definition) is 5. The standard InChI is InChI=1S/C15H11NO5S/c1-2-7-16-14(19)12(22-15(16)20)8-10-5-3-4-6-11(10)21-9-13(17)18/h1,3-6,8H,7,9H2,(H,17,18). The van der Waals surface area contributed by atoms with E-state index in [-0.39, 0.29) is 11.4 Å². The van der Waals surface area contributed by atoms with Crippen LogP contribution in [0.5, 0.6) is 5.75 Å². The molecule has 0 saturated carbocycles. The fourth-order valence-corrected chi connectivity index (χ4v) is 2.57. The minimum atomic E-state index is -1.11. The Morgan fingerprint density at radius 2 is 2.14 bits per heavy atom. The van der Waals surface area contributed by atoms with Crippen molar-refractivity contribution in [3.05, 3.63) is 34.7 Å². The second kappa shape index (κ2) is 6.83. The van der Waals surface area contributed by atoms with Crippen molar-refractivity contribution >= 4 is 35.0 Å². The Morgan fingerprint density at radius 3 is 2.82 bits per heavy atom. The van der Waals surface area contributed by atoms with E-state index in [1.54, 1.807) is 24.3 Å². The topological polar surface area (TPSA) is 83.9 Å². The lowest BCUT2D eigenvalue weighted by Crippen LogP contribution is -2.28. The van der Waals surface area contributed by atoms with Crippen molar-refractivity contribution in [1.29, 1.82) is 0 Å². The van der Waals surface area contributed by atoms with Crippen LogP contribution in [-0.4, -0.2) is 40.3 Å². The number of rotatable bonds is 5. The van der Waals surface area contributed by atoms with Crippen molar-refractivity contribution < 1.29 is 24.2 Å². The van der Waals surface area contributed by atoms with E-state index in [4.69, 9.17) is 16.3 Å². The molecule has 112 valence electrons. The molecule has 1 aliphatic rings. The molecule has 1 aliphatic heterocycles. The maximum atomic E-state index is 12.1. The first-order chi connectivity index (χ1) is 10.5. The van der Waals surface area contributed by atoms with Gasteiger partial charge in [0.1, 0.15) is 5.75 Å². The van der Waals surface area contributed by atoms with Crippen LogP contribution in [0.1, 0.15) is 5.56 Å². The van der Waals surface area contributed by atoms with E-state index in [9.17, 15) is 14.4 Å². The first kappa shape index (κ1) is 15.7. The van der Waals surface area contributed by atoms with Gasteiger partial charge in [0, 0.05) is 5.56 Å². The average Bonchev–Trinajstić information content (AvgIpc) is 2.74. The highest BCUT2D eigenvalue weighted by molar-refractivity contribution is 8.18. The normalized spacial score (nSPS) is 16.0. The molecule has 0 atom stereocenters. The monoisotopic (exact) mass is 317 g/mol. The third-order valence-corrected chi connectivity index (χ3v) is 3.59. The molecule has 1 N–H and O–H groups in total. The third-order valence-electron chi connectivity index (χ3n) is 2.68. The number of hydrogen-bond donors (Lipinski definition) is 1. The average molecular weight is 317 g/mol. The van der Waals surface area contributed by atoms with Crippen LogP contribution >= 0.6 is 11.8 Å². The highest BCUT2D eigenvalue weighted by Crippen LogP contribution is 2.33. The summed E-state index contributed by atoms with van der Waals surface area (Å²) < 4.78 is 5.15. The molecule has 1 saturated heterocycles. The number of amides is 2. The maximum Gasteiger partial charge on any atom is 0.341 e. The van der Waals surface area contributed by atoms with Crippen LogP contribution in [0.25, 0.3) is 6.08 Å². The summed E-state index contributed by atoms with van der Waals surface area (Å²) in [5.74, 6) is 0.988. The molecular formula is C15H11NO5S. The Labute approximate surface area is 130 Å². The lowest BCUT2D eigenvalue weighted by molar-refractivity contribution is -0.139. The van der Waals surface area contributed by atoms with Crippen LogP contribution in [0.4, 0.5) is 4.79 Å². The Hall–Kier alpha value is -2.72. The molecule has 0 aromatic heterocycles. The van der Waals surface area contributed by atoms with Crippen LogP contribution in [0.3, 0.4) is 0 Å². The van der Waals surface area contributed by atoms with E-state index >= 15 is 0 Å². The van der Waals surface area contributed by atoms with E-state index in [0.717, 1.165) is 16.7 Å². The predicted octanol–water partition coefficient (Wildman–Crippen LogP) is 1.82. The smallest absolute Gasteiger partial charge is 0.341 e. The molecule has 1 aromatic carbocycles. The minimum absolute atomic E-state index is 0.0842. The number of carbonyl (C=O) groups is 3. The molecular weight excluding hydrogens is 306 g/mol. The van der Waals surface area contributed by atoms with E-state index in [2.05, 4.69) is 5.92 Å². The Bertz CT molecular complexity index is 704. The molecule has 0 bridgehead atoms. The molecule has 1 heterocycles. The molecule has 2 rings (SSSR count). The van der Waals surface area contributed by atoms with Gasteiger partial charge in [-0.3, -0.25) is 14.5 Å². The predicted molar refractivity (Wildman–Crippen MR) is 81.1 cm³/mol. The number of terminal acetylenes is 1. The molecule has 0 radical (unpaired) electrons. The molecule has 7 heteroatoms. The summed E-state index contributed by atoms with van der Waals surface area (Å²) in [5.41, 5.74) is 0.509. The Kier molecular flexibility index (Phi) is 4.86. The number of thioether (sulfide) groups is 1. The minimum Gasteiger partial charge on any atom is -0.481 e. The van der Waals surface area contributed by atoms with Crippen molar-refractivity contribution in [3.63, 3.8) is 0 Å². The van der Waals surface area contributed by atoms with Crippen LogP contribution in [-0.2, 0) is 9.59 Å². The van der Waals surface area contributed by atoms with Gasteiger partial charge in [0.25, 0.3) is 11.1 Å². The number of carbonyl (C=O) groups excluding carboxylic acids is 2. The molecule has 0 aliphatic carbocycles. The van der Waals surface area contributed by atoms with E-state index in [1.807, 2.05) is 0 Å². The summed E-state index contributed by atoms with van der Waals surface area (Å²) in [6.45, 7) is -0.581. The Balaban J connectivity index is 2.27. The summed E-state index contributed by atoms with van der Waals surface area (Å²) in [7, 11) is 0. The second-order valence-electron chi connectivity index (χ2n) is 4.19. The fraction of sp³-hybridized carbons (Fsp3) is 0.133. The zero-order valence-corrected chi connectivity index (χ0v) is 12.1. The molecule has 2 amide bonds. The molecule has 22 heavy (non-hydrogen) atoms. The fourth-order valence-electron chi connectivity index (χ4n) is 1.74. The molecule has 1 fully saturated rings. The number of nitrogens with zero attached hydrogens (tertiary/aromatic N) is 1. The maximum absolute atomic E-state index is 12.1. The lowest BCUT2D eigenvalue weighted by atomic mass is 10.2. The number of benzene rings is 1. The molecule has 0 unspecified atom stereocenters. The van der Waals surface area contributed by atoms with E-state index in [1.165, 1.54) is 6.08 Å². The van der Waals surface area contributed by atoms with Crippen LogP contribution in [0.2, 0.25) is 0 Å². The van der Waals surface area contributed by atoms with Gasteiger partial charge in [0.2, 0.25) is 0 Å². The van der Waals surface area contributed by atoms with Crippen molar-refractivity contribution in [2.75, 3.05) is 13.2 Å². The van der Waals surface area contributed by atoms with Gasteiger partial charge in [-0.05, 0) is 23.9 Å². The number of aliphatic carboxylic acids is 1. The van der Waals surface area contributed by atoms with Gasteiger partial charge in [0.05, 0.1) is 11.4 Å². The van der Waals surface area contributed by atoms with Gasteiger partial charge in [-0.2, -0.15) is 0 Å². The number of ether oxygens (including phenoxy) is 1. The SMILES string of the molecule is C#CCN1C(=O)SC(=Cc2ccccc2OCC(=O)O)C1=O. The van der Waals surface area contributed by atoms with Crippen molar-refractivity contribution in [2.24, 2.45) is 0 Å². The van der Waals surface area contributed by atoms with Crippen molar-refractivity contribution in [1.82, 2.24) is 4.90 Å². The highest BCUT2D eigenvalue weighted by Gasteiger charge is 2.34. The molecule has 0 spiro atoms. The number of carboxylic acid groups (broad SMARTS) is 1. The van der Waals surface area contributed by atoms with Gasteiger partial charge >= 0.3 is 5.97 Å².